The summed E-state index contributed by atoms with van der Waals surface area (Å²) < 4.78 is 23.9. The summed E-state index contributed by atoms with van der Waals surface area (Å²) in [6, 6.07) is 0. The normalized spacial score (nSPS) is 15.6. The molecule has 0 aromatic carbocycles. The van der Waals surface area contributed by atoms with Crippen molar-refractivity contribution in [2.24, 2.45) is 11.8 Å². The van der Waals surface area contributed by atoms with Crippen LogP contribution in [0.4, 0.5) is 0 Å². The topological polar surface area (TPSA) is 96.2 Å². The van der Waals surface area contributed by atoms with Gasteiger partial charge >= 0.3 is 7.60 Å². The first-order valence-electron chi connectivity index (χ1n) is 9.09. The van der Waals surface area contributed by atoms with E-state index in [2.05, 4.69) is 40.4 Å². The Morgan fingerprint density at radius 2 is 1.54 bits per heavy atom. The van der Waals surface area contributed by atoms with E-state index in [4.69, 9.17) is 9.16 Å². The van der Waals surface area contributed by atoms with Gasteiger partial charge in [-0.25, -0.2) is 0 Å². The molecule has 0 aliphatic rings. The van der Waals surface area contributed by atoms with Gasteiger partial charge in [0.05, 0.1) is 19.3 Å². The monoisotopic (exact) mass is 410 g/mol. The quantitative estimate of drug-likeness (QED) is 0.285. The summed E-state index contributed by atoms with van der Waals surface area (Å²) in [5, 5.41) is 8.76. The summed E-state index contributed by atoms with van der Waals surface area (Å²) >= 11 is 0. The van der Waals surface area contributed by atoms with Crippen LogP contribution in [0.3, 0.4) is 0 Å². The Hall–Kier alpha value is -0.0131. The minimum absolute atomic E-state index is 0.0232. The van der Waals surface area contributed by atoms with Gasteiger partial charge < -0.3 is 24.1 Å². The molecule has 0 amide bonds. The molecule has 3 N–H and O–H groups in total. The van der Waals surface area contributed by atoms with Crippen LogP contribution in [0.1, 0.15) is 48.5 Å². The van der Waals surface area contributed by atoms with E-state index >= 15 is 0 Å². The summed E-state index contributed by atoms with van der Waals surface area (Å²) in [6.45, 7) is 21.2. The molecule has 0 fully saturated rings. The third-order valence-electron chi connectivity index (χ3n) is 5.48. The van der Waals surface area contributed by atoms with Crippen molar-refractivity contribution in [3.8, 4) is 0 Å². The fourth-order valence-electron chi connectivity index (χ4n) is 2.68. The van der Waals surface area contributed by atoms with Crippen LogP contribution in [0.15, 0.2) is 12.2 Å². The lowest BCUT2D eigenvalue weighted by Gasteiger charge is -2.41. The van der Waals surface area contributed by atoms with E-state index in [0.29, 0.717) is 5.57 Å². The van der Waals surface area contributed by atoms with E-state index in [1.54, 1.807) is 27.7 Å². The Bertz CT molecular complexity index is 510. The van der Waals surface area contributed by atoms with Gasteiger partial charge in [0, 0.05) is 0 Å². The molecular weight excluding hydrogens is 371 g/mol. The molecule has 26 heavy (non-hydrogen) atoms. The average Bonchev–Trinajstić information content (AvgIpc) is 2.41. The van der Waals surface area contributed by atoms with Crippen LogP contribution in [0, 0.1) is 11.8 Å². The summed E-state index contributed by atoms with van der Waals surface area (Å²) in [7, 11) is -6.54. The molecule has 0 bridgehead atoms. The highest BCUT2D eigenvalue weighted by molar-refractivity contribution is 7.53. The molecule has 0 saturated carbocycles. The largest absolute Gasteiger partial charge is 0.414 e. The lowest BCUT2D eigenvalue weighted by Crippen LogP contribution is -2.45. The lowest BCUT2D eigenvalue weighted by molar-refractivity contribution is -0.0573. The zero-order valence-electron chi connectivity index (χ0n) is 17.9. The molecule has 6 nitrogen and oxygen atoms in total. The molecule has 0 heterocycles. The SMILES string of the molecule is C=C(COC(C(C)C)(C(C)C)P(=O)(O)O)C(O)CO[Si](C)(C)C(C)(C)C. The Morgan fingerprint density at radius 1 is 1.12 bits per heavy atom. The van der Waals surface area contributed by atoms with E-state index in [1.807, 2.05) is 0 Å². The molecule has 8 heteroatoms. The van der Waals surface area contributed by atoms with Gasteiger partial charge in [-0.15, -0.1) is 0 Å². The molecule has 0 rings (SSSR count). The molecule has 0 aromatic rings. The summed E-state index contributed by atoms with van der Waals surface area (Å²) in [5.74, 6) is -0.812. The van der Waals surface area contributed by atoms with Crippen molar-refractivity contribution in [3.05, 3.63) is 12.2 Å². The summed E-state index contributed by atoms with van der Waals surface area (Å²) in [5.41, 5.74) is 0.350. The van der Waals surface area contributed by atoms with Crippen LogP contribution in [0.5, 0.6) is 0 Å². The second-order valence-electron chi connectivity index (χ2n) is 9.14. The number of aliphatic hydroxyl groups is 1. The standard InChI is InChI=1S/C18H39O6PSi/c1-13(2)18(14(3)4,25(20,21)22)23-11-15(5)16(19)12-24-26(9,10)17(6,7)8/h13-14,16,19H,5,11-12H2,1-4,6-10H3,(H2,20,21,22). The summed E-state index contributed by atoms with van der Waals surface area (Å²) in [6.07, 6.45) is -0.946. The Labute approximate surface area is 160 Å². The molecule has 0 aromatic heterocycles. The summed E-state index contributed by atoms with van der Waals surface area (Å²) in [4.78, 5) is 19.8. The predicted octanol–water partition coefficient (Wildman–Crippen LogP) is 4.13. The average molecular weight is 411 g/mol. The predicted molar refractivity (Wildman–Crippen MR) is 109 cm³/mol. The van der Waals surface area contributed by atoms with Gasteiger partial charge in [0.25, 0.3) is 0 Å². The lowest BCUT2D eigenvalue weighted by atomic mass is 9.95. The highest BCUT2D eigenvalue weighted by atomic mass is 31.2. The van der Waals surface area contributed by atoms with Gasteiger partial charge in [0.2, 0.25) is 0 Å². The van der Waals surface area contributed by atoms with Gasteiger partial charge in [0.1, 0.15) is 0 Å². The minimum Gasteiger partial charge on any atom is -0.414 e. The Balaban J connectivity index is 5.08. The Kier molecular flexibility index (Phi) is 8.99. The van der Waals surface area contributed by atoms with Crippen molar-refractivity contribution < 1.29 is 28.6 Å². The maximum Gasteiger partial charge on any atom is 0.357 e. The first-order chi connectivity index (χ1) is 11.4. The second kappa shape index (κ2) is 8.99. The van der Waals surface area contributed by atoms with Crippen LogP contribution in [0.25, 0.3) is 0 Å². The zero-order chi connectivity index (χ0) is 21.1. The van der Waals surface area contributed by atoms with Crippen molar-refractivity contribution in [1.82, 2.24) is 0 Å². The van der Waals surface area contributed by atoms with Gasteiger partial charge in [-0.2, -0.15) is 0 Å². The number of rotatable bonds is 10. The smallest absolute Gasteiger partial charge is 0.357 e. The van der Waals surface area contributed by atoms with Crippen molar-refractivity contribution in [1.29, 1.82) is 0 Å². The van der Waals surface area contributed by atoms with E-state index in [9.17, 15) is 19.5 Å². The molecular formula is C18H39O6PSi. The third kappa shape index (κ3) is 5.99. The molecule has 1 unspecified atom stereocenters. The molecule has 0 saturated heterocycles. The van der Waals surface area contributed by atoms with E-state index in [0.717, 1.165) is 0 Å². The second-order valence-corrected chi connectivity index (χ2v) is 15.7. The van der Waals surface area contributed by atoms with Gasteiger partial charge in [-0.1, -0.05) is 55.0 Å². The number of hydrogen-bond acceptors (Lipinski definition) is 4. The highest BCUT2D eigenvalue weighted by Crippen LogP contribution is 2.59. The number of hydrogen-bond donors (Lipinski definition) is 3. The van der Waals surface area contributed by atoms with Gasteiger partial charge in [-0.05, 0) is 35.5 Å². The van der Waals surface area contributed by atoms with E-state index in [1.165, 1.54) is 0 Å². The van der Waals surface area contributed by atoms with Crippen molar-refractivity contribution in [2.75, 3.05) is 13.2 Å². The molecule has 0 aliphatic heterocycles. The third-order valence-corrected chi connectivity index (χ3v) is 12.1. The van der Waals surface area contributed by atoms with Gasteiger partial charge in [-0.3, -0.25) is 4.57 Å². The number of aliphatic hydroxyl groups excluding tert-OH is 1. The van der Waals surface area contributed by atoms with Crippen molar-refractivity contribution in [2.45, 2.75) is 78.0 Å². The highest BCUT2D eigenvalue weighted by Gasteiger charge is 2.53. The fraction of sp³-hybridized carbons (Fsp3) is 0.889. The Morgan fingerprint density at radius 3 is 1.85 bits per heavy atom. The van der Waals surface area contributed by atoms with Crippen molar-refractivity contribution in [3.63, 3.8) is 0 Å². The van der Waals surface area contributed by atoms with Crippen molar-refractivity contribution >= 4 is 15.9 Å². The maximum absolute atomic E-state index is 12.1. The van der Waals surface area contributed by atoms with Crippen LogP contribution >= 0.6 is 7.60 Å². The van der Waals surface area contributed by atoms with E-state index < -0.39 is 39.2 Å². The van der Waals surface area contributed by atoms with Crippen LogP contribution in [0.2, 0.25) is 18.1 Å². The minimum atomic E-state index is -4.54. The molecule has 1 atom stereocenters. The molecule has 156 valence electrons. The van der Waals surface area contributed by atoms with Crippen LogP contribution in [-0.4, -0.2) is 47.9 Å². The zero-order valence-corrected chi connectivity index (χ0v) is 19.8. The molecule has 0 spiro atoms. The maximum atomic E-state index is 12.1. The molecule has 0 radical (unpaired) electrons. The van der Waals surface area contributed by atoms with E-state index in [-0.39, 0.29) is 18.3 Å². The van der Waals surface area contributed by atoms with Crippen LogP contribution in [-0.2, 0) is 13.7 Å². The first-order valence-corrected chi connectivity index (χ1v) is 13.6. The number of ether oxygens (including phenoxy) is 1. The molecule has 0 aliphatic carbocycles. The van der Waals surface area contributed by atoms with Gasteiger partial charge in [0.15, 0.2) is 13.7 Å². The van der Waals surface area contributed by atoms with Crippen LogP contribution < -0.4 is 0 Å². The first kappa shape index (κ1) is 26.0. The fourth-order valence-corrected chi connectivity index (χ4v) is 5.27.